The molecule has 216 valence electrons. The molecular formula is C44H35N. The first kappa shape index (κ1) is 29.2. The molecule has 0 amide bonds. The standard InChI is InChI=1S/C44H35N/c1-5-17-37(18-6-1)43(38-19-7-2-8-20-38)25-13-15-35-27-31-41(32-28-35)45-42-33-29-36(30-34-42)16-14-26-44(39-21-9-3-10-22-39)40-23-11-4-12-24-40/h1-34,45H. The first-order valence-corrected chi connectivity index (χ1v) is 15.3. The van der Waals surface area contributed by atoms with Crippen LogP contribution in [-0.4, -0.2) is 0 Å². The second kappa shape index (κ2) is 15.0. The Balaban J connectivity index is 1.10. The molecule has 0 saturated heterocycles. The predicted octanol–water partition coefficient (Wildman–Crippen LogP) is 11.7. The maximum absolute atomic E-state index is 3.52. The van der Waals surface area contributed by atoms with Crippen LogP contribution in [0.25, 0.3) is 23.3 Å². The molecule has 0 aliphatic rings. The Hall–Kier alpha value is -5.92. The zero-order chi connectivity index (χ0) is 30.5. The predicted molar refractivity (Wildman–Crippen MR) is 194 cm³/mol. The number of allylic oxidation sites excluding steroid dienone is 4. The van der Waals surface area contributed by atoms with Gasteiger partial charge in [0.05, 0.1) is 0 Å². The second-order valence-electron chi connectivity index (χ2n) is 10.7. The van der Waals surface area contributed by atoms with Crippen molar-refractivity contribution in [1.29, 1.82) is 0 Å². The Kier molecular flexibility index (Phi) is 9.72. The highest BCUT2D eigenvalue weighted by molar-refractivity contribution is 5.82. The fourth-order valence-electron chi connectivity index (χ4n) is 5.22. The zero-order valence-electron chi connectivity index (χ0n) is 25.1. The number of hydrogen-bond donors (Lipinski definition) is 1. The van der Waals surface area contributed by atoms with Crippen molar-refractivity contribution in [2.75, 3.05) is 5.32 Å². The van der Waals surface area contributed by atoms with Crippen LogP contribution < -0.4 is 5.32 Å². The van der Waals surface area contributed by atoms with Gasteiger partial charge in [-0.2, -0.15) is 0 Å². The van der Waals surface area contributed by atoms with Gasteiger partial charge in [-0.15, -0.1) is 0 Å². The van der Waals surface area contributed by atoms with Crippen molar-refractivity contribution in [3.63, 3.8) is 0 Å². The van der Waals surface area contributed by atoms with Crippen molar-refractivity contribution in [2.24, 2.45) is 0 Å². The largest absolute Gasteiger partial charge is 0.356 e. The topological polar surface area (TPSA) is 12.0 Å². The molecule has 6 aromatic carbocycles. The van der Waals surface area contributed by atoms with Crippen LogP contribution in [0.1, 0.15) is 33.4 Å². The van der Waals surface area contributed by atoms with Crippen molar-refractivity contribution in [1.82, 2.24) is 0 Å². The van der Waals surface area contributed by atoms with Gasteiger partial charge in [-0.05, 0) is 68.8 Å². The van der Waals surface area contributed by atoms with Crippen LogP contribution in [0.5, 0.6) is 0 Å². The Morgan fingerprint density at radius 2 is 0.622 bits per heavy atom. The summed E-state index contributed by atoms with van der Waals surface area (Å²) in [5, 5.41) is 3.52. The zero-order valence-corrected chi connectivity index (χ0v) is 25.1. The molecule has 0 fully saturated rings. The quantitative estimate of drug-likeness (QED) is 0.160. The maximum atomic E-state index is 3.52. The molecule has 0 aliphatic carbocycles. The third-order valence-electron chi connectivity index (χ3n) is 7.55. The van der Waals surface area contributed by atoms with Crippen LogP contribution in [0, 0.1) is 0 Å². The fraction of sp³-hybridized carbons (Fsp3) is 0. The van der Waals surface area contributed by atoms with Crippen molar-refractivity contribution < 1.29 is 0 Å². The Morgan fingerprint density at radius 3 is 0.911 bits per heavy atom. The van der Waals surface area contributed by atoms with Gasteiger partial charge in [-0.1, -0.05) is 182 Å². The molecule has 0 unspecified atom stereocenters. The van der Waals surface area contributed by atoms with Crippen molar-refractivity contribution in [3.8, 4) is 0 Å². The number of hydrogen-bond acceptors (Lipinski definition) is 1. The lowest BCUT2D eigenvalue weighted by Crippen LogP contribution is -1.90. The summed E-state index contributed by atoms with van der Waals surface area (Å²) in [5.74, 6) is 0. The van der Waals surface area contributed by atoms with E-state index in [-0.39, 0.29) is 0 Å². The summed E-state index contributed by atoms with van der Waals surface area (Å²) in [4.78, 5) is 0. The number of nitrogens with one attached hydrogen (secondary N) is 1. The van der Waals surface area contributed by atoms with Gasteiger partial charge in [0.2, 0.25) is 0 Å². The van der Waals surface area contributed by atoms with E-state index in [0.717, 1.165) is 22.5 Å². The van der Waals surface area contributed by atoms with E-state index in [2.05, 4.69) is 212 Å². The summed E-state index contributed by atoms with van der Waals surface area (Å²) in [6.07, 6.45) is 12.9. The first-order valence-electron chi connectivity index (χ1n) is 15.3. The molecule has 6 aromatic rings. The molecule has 0 aliphatic heterocycles. The van der Waals surface area contributed by atoms with E-state index in [9.17, 15) is 0 Å². The highest BCUT2D eigenvalue weighted by Gasteiger charge is 2.04. The molecule has 0 bridgehead atoms. The highest BCUT2D eigenvalue weighted by Crippen LogP contribution is 2.25. The Labute approximate surface area is 266 Å². The van der Waals surface area contributed by atoms with Gasteiger partial charge in [0.1, 0.15) is 0 Å². The summed E-state index contributed by atoms with van der Waals surface area (Å²) in [7, 11) is 0. The van der Waals surface area contributed by atoms with E-state index in [1.54, 1.807) is 0 Å². The van der Waals surface area contributed by atoms with Gasteiger partial charge in [0.25, 0.3) is 0 Å². The van der Waals surface area contributed by atoms with Gasteiger partial charge >= 0.3 is 0 Å². The molecule has 0 atom stereocenters. The molecular weight excluding hydrogens is 542 g/mol. The SMILES string of the molecule is C(=Cc1ccc(Nc2ccc(C=CC=C(c3ccccc3)c3ccccc3)cc2)cc1)C=C(c1ccccc1)c1ccccc1. The number of benzene rings is 6. The summed E-state index contributed by atoms with van der Waals surface area (Å²) in [5.41, 5.74) is 11.6. The van der Waals surface area contributed by atoms with E-state index in [1.807, 2.05) is 0 Å². The van der Waals surface area contributed by atoms with Crippen LogP contribution in [0.3, 0.4) is 0 Å². The lowest BCUT2D eigenvalue weighted by Gasteiger charge is -2.08. The minimum atomic E-state index is 1.05. The summed E-state index contributed by atoms with van der Waals surface area (Å²) < 4.78 is 0. The minimum Gasteiger partial charge on any atom is -0.356 e. The van der Waals surface area contributed by atoms with Crippen LogP contribution in [0.2, 0.25) is 0 Å². The normalized spacial score (nSPS) is 10.9. The third-order valence-corrected chi connectivity index (χ3v) is 7.55. The Bertz CT molecular complexity index is 1670. The Morgan fingerprint density at radius 1 is 0.333 bits per heavy atom. The average molecular weight is 578 g/mol. The van der Waals surface area contributed by atoms with Crippen LogP contribution in [0.15, 0.2) is 194 Å². The molecule has 6 rings (SSSR count). The molecule has 1 heteroatoms. The van der Waals surface area contributed by atoms with Gasteiger partial charge in [-0.25, -0.2) is 0 Å². The molecule has 0 aromatic heterocycles. The van der Waals surface area contributed by atoms with E-state index >= 15 is 0 Å². The lowest BCUT2D eigenvalue weighted by molar-refractivity contribution is 1.53. The van der Waals surface area contributed by atoms with Crippen molar-refractivity contribution in [3.05, 3.63) is 228 Å². The van der Waals surface area contributed by atoms with Crippen LogP contribution in [0.4, 0.5) is 11.4 Å². The maximum Gasteiger partial charge on any atom is 0.0384 e. The monoisotopic (exact) mass is 577 g/mol. The van der Waals surface area contributed by atoms with Crippen molar-refractivity contribution in [2.45, 2.75) is 0 Å². The molecule has 0 spiro atoms. The molecule has 0 saturated carbocycles. The van der Waals surface area contributed by atoms with E-state index in [0.29, 0.717) is 0 Å². The van der Waals surface area contributed by atoms with Gasteiger partial charge in [-0.3, -0.25) is 0 Å². The first-order chi connectivity index (χ1) is 22.3. The summed E-state index contributed by atoms with van der Waals surface area (Å²) in [6.45, 7) is 0. The third kappa shape index (κ3) is 8.13. The summed E-state index contributed by atoms with van der Waals surface area (Å²) in [6, 6.07) is 59.1. The molecule has 0 radical (unpaired) electrons. The summed E-state index contributed by atoms with van der Waals surface area (Å²) >= 11 is 0. The van der Waals surface area contributed by atoms with Gasteiger partial charge in [0.15, 0.2) is 0 Å². The van der Waals surface area contributed by atoms with Crippen molar-refractivity contribution >= 4 is 34.7 Å². The molecule has 1 N–H and O–H groups in total. The van der Waals surface area contributed by atoms with Crippen LogP contribution >= 0.6 is 0 Å². The second-order valence-corrected chi connectivity index (χ2v) is 10.7. The average Bonchev–Trinajstić information content (AvgIpc) is 3.11. The van der Waals surface area contributed by atoms with E-state index in [1.165, 1.54) is 33.4 Å². The number of rotatable bonds is 10. The number of anilines is 2. The van der Waals surface area contributed by atoms with E-state index in [4.69, 9.17) is 0 Å². The highest BCUT2D eigenvalue weighted by atomic mass is 14.9. The molecule has 0 heterocycles. The lowest BCUT2D eigenvalue weighted by atomic mass is 9.97. The fourth-order valence-corrected chi connectivity index (χ4v) is 5.22. The van der Waals surface area contributed by atoms with Gasteiger partial charge in [0, 0.05) is 11.4 Å². The van der Waals surface area contributed by atoms with Crippen LogP contribution in [-0.2, 0) is 0 Å². The van der Waals surface area contributed by atoms with E-state index < -0.39 is 0 Å². The smallest absolute Gasteiger partial charge is 0.0384 e. The molecule has 45 heavy (non-hydrogen) atoms. The molecule has 1 nitrogen and oxygen atoms in total. The minimum absolute atomic E-state index is 1.05. The van der Waals surface area contributed by atoms with Gasteiger partial charge < -0.3 is 5.32 Å².